The second-order valence-electron chi connectivity index (χ2n) is 10.5. The van der Waals surface area contributed by atoms with Gasteiger partial charge in [0.25, 0.3) is 5.95 Å². The van der Waals surface area contributed by atoms with Crippen molar-refractivity contribution in [1.29, 1.82) is 0 Å². The van der Waals surface area contributed by atoms with Crippen LogP contribution in [-0.2, 0) is 12.4 Å². The lowest BCUT2D eigenvalue weighted by molar-refractivity contribution is -0.144. The first kappa shape index (κ1) is 28.3. The maximum Gasteiger partial charge on any atom is 0.451 e. The number of hydrogen-bond acceptors (Lipinski definition) is 4. The van der Waals surface area contributed by atoms with Gasteiger partial charge in [0.05, 0.1) is 22.3 Å². The molecule has 12 heteroatoms. The van der Waals surface area contributed by atoms with Crippen molar-refractivity contribution in [3.8, 4) is 5.82 Å². The normalized spacial score (nSPS) is 12.4. The van der Waals surface area contributed by atoms with Crippen LogP contribution in [0.25, 0.3) is 27.6 Å². The summed E-state index contributed by atoms with van der Waals surface area (Å²) in [5.41, 5.74) is 4.24. The standard InChI is InChI=1S/C31H24F6N6/c1-16-8-10-23-21(14-16)22-15-20(30(32,33)34)9-11-24(22)42(23)25-6-5-7-26(38-25)43(27-18(3)12-17(2)13-19(27)4)29-39-28(40-41-29)31(35,36)37/h5-15H,1-4H3,(H,39,40,41). The third-order valence-electron chi connectivity index (χ3n) is 7.23. The lowest BCUT2D eigenvalue weighted by Gasteiger charge is -2.25. The minimum Gasteiger partial charge on any atom is -0.294 e. The van der Waals surface area contributed by atoms with Gasteiger partial charge in [-0.05, 0) is 81.3 Å². The monoisotopic (exact) mass is 594 g/mol. The predicted octanol–water partition coefficient (Wildman–Crippen LogP) is 9.04. The third kappa shape index (κ3) is 4.96. The summed E-state index contributed by atoms with van der Waals surface area (Å²) in [7, 11) is 0. The SMILES string of the molecule is Cc1cc(C)c(N(c2cccc(-n3c4ccc(C)cc4c4cc(C(F)(F)F)ccc43)n2)c2n[nH]c(C(F)(F)F)n2)c(C)c1. The van der Waals surface area contributed by atoms with E-state index >= 15 is 0 Å². The zero-order valence-corrected chi connectivity index (χ0v) is 23.4. The van der Waals surface area contributed by atoms with Gasteiger partial charge in [-0.3, -0.25) is 14.6 Å². The number of anilines is 3. The van der Waals surface area contributed by atoms with Crippen LogP contribution >= 0.6 is 0 Å². The first-order valence-electron chi connectivity index (χ1n) is 13.2. The molecule has 43 heavy (non-hydrogen) atoms. The van der Waals surface area contributed by atoms with E-state index in [4.69, 9.17) is 4.98 Å². The first-order valence-corrected chi connectivity index (χ1v) is 13.2. The molecule has 0 aliphatic carbocycles. The second kappa shape index (κ2) is 9.85. The zero-order valence-electron chi connectivity index (χ0n) is 23.4. The van der Waals surface area contributed by atoms with E-state index in [0.29, 0.717) is 33.3 Å². The van der Waals surface area contributed by atoms with Crippen molar-refractivity contribution in [2.45, 2.75) is 40.0 Å². The number of hydrogen-bond donors (Lipinski definition) is 1. The summed E-state index contributed by atoms with van der Waals surface area (Å²) < 4.78 is 83.2. The molecule has 6 rings (SSSR count). The molecule has 3 aromatic heterocycles. The number of nitrogens with zero attached hydrogens (tertiary/aromatic N) is 5. The Morgan fingerprint density at radius 1 is 0.698 bits per heavy atom. The molecule has 0 amide bonds. The van der Waals surface area contributed by atoms with E-state index < -0.39 is 23.7 Å². The van der Waals surface area contributed by atoms with Gasteiger partial charge in [-0.15, -0.1) is 5.10 Å². The summed E-state index contributed by atoms with van der Waals surface area (Å²) in [6.07, 6.45) is -9.28. The number of aromatic amines is 1. The number of halogens is 6. The molecule has 6 nitrogen and oxygen atoms in total. The van der Waals surface area contributed by atoms with Gasteiger partial charge in [-0.25, -0.2) is 4.98 Å². The molecule has 0 bridgehead atoms. The van der Waals surface area contributed by atoms with Gasteiger partial charge >= 0.3 is 12.4 Å². The van der Waals surface area contributed by atoms with E-state index in [0.717, 1.165) is 34.4 Å². The Balaban J connectivity index is 1.60. The highest BCUT2D eigenvalue weighted by Crippen LogP contribution is 2.40. The topological polar surface area (TPSA) is 62.6 Å². The molecular weight excluding hydrogens is 570 g/mol. The Morgan fingerprint density at radius 2 is 1.35 bits per heavy atom. The van der Waals surface area contributed by atoms with Crippen LogP contribution in [-0.4, -0.2) is 24.7 Å². The number of H-pyrrole nitrogens is 1. The van der Waals surface area contributed by atoms with Crippen molar-refractivity contribution in [3.63, 3.8) is 0 Å². The Hall–Kier alpha value is -4.87. The van der Waals surface area contributed by atoms with Crippen molar-refractivity contribution in [1.82, 2.24) is 24.7 Å². The van der Waals surface area contributed by atoms with E-state index in [1.165, 1.54) is 11.0 Å². The molecule has 0 atom stereocenters. The molecular formula is C31H24F6N6. The average Bonchev–Trinajstić information content (AvgIpc) is 3.53. The zero-order chi connectivity index (χ0) is 30.8. The number of aryl methyl sites for hydroxylation is 4. The van der Waals surface area contributed by atoms with E-state index in [1.807, 2.05) is 63.1 Å². The fraction of sp³-hybridized carbons (Fsp3) is 0.194. The lowest BCUT2D eigenvalue weighted by Crippen LogP contribution is -2.17. The van der Waals surface area contributed by atoms with Crippen LogP contribution in [0.2, 0.25) is 0 Å². The summed E-state index contributed by atoms with van der Waals surface area (Å²) in [5, 5.41) is 6.87. The van der Waals surface area contributed by atoms with Crippen LogP contribution in [0.4, 0.5) is 43.8 Å². The molecule has 3 aromatic carbocycles. The number of aromatic nitrogens is 5. The number of benzene rings is 3. The summed E-state index contributed by atoms with van der Waals surface area (Å²) in [4.78, 5) is 10.0. The lowest BCUT2D eigenvalue weighted by atomic mass is 10.0. The quantitative estimate of drug-likeness (QED) is 0.207. The van der Waals surface area contributed by atoms with Gasteiger partial charge in [0.15, 0.2) is 0 Å². The highest BCUT2D eigenvalue weighted by atomic mass is 19.4. The maximum atomic E-state index is 13.6. The summed E-state index contributed by atoms with van der Waals surface area (Å²) in [6.45, 7) is 7.43. The van der Waals surface area contributed by atoms with Gasteiger partial charge in [0.1, 0.15) is 11.6 Å². The predicted molar refractivity (Wildman–Crippen MR) is 152 cm³/mol. The Kier molecular flexibility index (Phi) is 6.48. The number of fused-ring (bicyclic) bond motifs is 3. The van der Waals surface area contributed by atoms with Crippen molar-refractivity contribution >= 4 is 39.3 Å². The summed E-state index contributed by atoms with van der Waals surface area (Å²) >= 11 is 0. The minimum absolute atomic E-state index is 0.217. The first-order chi connectivity index (χ1) is 20.2. The van der Waals surface area contributed by atoms with E-state index in [9.17, 15) is 26.3 Å². The van der Waals surface area contributed by atoms with Gasteiger partial charge in [0.2, 0.25) is 5.82 Å². The molecule has 0 aliphatic rings. The fourth-order valence-electron chi connectivity index (χ4n) is 5.54. The Labute approximate surface area is 241 Å². The molecule has 0 fully saturated rings. The van der Waals surface area contributed by atoms with E-state index in [2.05, 4.69) is 10.1 Å². The van der Waals surface area contributed by atoms with E-state index in [1.54, 1.807) is 22.8 Å². The van der Waals surface area contributed by atoms with Gasteiger partial charge in [0, 0.05) is 10.8 Å². The third-order valence-corrected chi connectivity index (χ3v) is 7.23. The van der Waals surface area contributed by atoms with Crippen LogP contribution in [0.3, 0.4) is 0 Å². The molecule has 0 saturated carbocycles. The molecule has 0 unspecified atom stereocenters. The molecule has 0 aliphatic heterocycles. The van der Waals surface area contributed by atoms with Crippen molar-refractivity contribution in [3.05, 3.63) is 100 Å². The number of nitrogens with one attached hydrogen (secondary N) is 1. The summed E-state index contributed by atoms with van der Waals surface area (Å²) in [6, 6.07) is 17.8. The minimum atomic E-state index is -4.75. The highest BCUT2D eigenvalue weighted by Gasteiger charge is 2.37. The van der Waals surface area contributed by atoms with Gasteiger partial charge in [-0.2, -0.15) is 31.3 Å². The molecule has 3 heterocycles. The molecule has 220 valence electrons. The van der Waals surface area contributed by atoms with Crippen LogP contribution < -0.4 is 4.90 Å². The molecule has 6 aromatic rings. The van der Waals surface area contributed by atoms with Crippen LogP contribution in [0.15, 0.2) is 66.7 Å². The number of rotatable bonds is 4. The number of alkyl halides is 6. The average molecular weight is 595 g/mol. The largest absolute Gasteiger partial charge is 0.451 e. The van der Waals surface area contributed by atoms with Crippen LogP contribution in [0, 0.1) is 27.7 Å². The fourth-order valence-corrected chi connectivity index (χ4v) is 5.54. The Bertz CT molecular complexity index is 1990. The highest BCUT2D eigenvalue weighted by molar-refractivity contribution is 6.09. The van der Waals surface area contributed by atoms with Crippen molar-refractivity contribution in [2.24, 2.45) is 0 Å². The Morgan fingerprint density at radius 3 is 1.98 bits per heavy atom. The van der Waals surface area contributed by atoms with Crippen LogP contribution in [0.1, 0.15) is 33.6 Å². The molecule has 0 saturated heterocycles. The van der Waals surface area contributed by atoms with Crippen LogP contribution in [0.5, 0.6) is 0 Å². The van der Waals surface area contributed by atoms with E-state index in [-0.39, 0.29) is 11.8 Å². The second-order valence-corrected chi connectivity index (χ2v) is 10.5. The maximum absolute atomic E-state index is 13.6. The molecule has 0 radical (unpaired) electrons. The number of pyridine rings is 1. The molecule has 0 spiro atoms. The van der Waals surface area contributed by atoms with Crippen molar-refractivity contribution in [2.75, 3.05) is 4.90 Å². The van der Waals surface area contributed by atoms with Crippen molar-refractivity contribution < 1.29 is 26.3 Å². The van der Waals surface area contributed by atoms with Gasteiger partial charge < -0.3 is 0 Å². The smallest absolute Gasteiger partial charge is 0.294 e. The summed E-state index contributed by atoms with van der Waals surface area (Å²) in [5.74, 6) is -0.960. The molecule has 1 N–H and O–H groups in total. The van der Waals surface area contributed by atoms with Gasteiger partial charge in [-0.1, -0.05) is 35.4 Å².